The summed E-state index contributed by atoms with van der Waals surface area (Å²) >= 11 is 0. The van der Waals surface area contributed by atoms with Crippen molar-refractivity contribution >= 4 is 11.5 Å². The zero-order chi connectivity index (χ0) is 26.6. The number of methoxy groups -OCH3 is 1. The molecule has 0 saturated heterocycles. The van der Waals surface area contributed by atoms with E-state index in [1.54, 1.807) is 7.11 Å². The third-order valence-corrected chi connectivity index (χ3v) is 8.41. The first kappa shape index (κ1) is 25.8. The van der Waals surface area contributed by atoms with Crippen LogP contribution >= 0.6 is 0 Å². The molecule has 0 bridgehead atoms. The van der Waals surface area contributed by atoms with Crippen LogP contribution in [-0.2, 0) is 9.53 Å². The SMILES string of the molecule is COCCCN1C=C(CN(C(=O)C2=C(c3cccc(-c4ccccc4)c3)CCNC2)C2CC2)C2C=CC=CC21. The average Bonchev–Trinajstić information content (AvgIpc) is 3.78. The lowest BCUT2D eigenvalue weighted by Gasteiger charge is -2.31. The lowest BCUT2D eigenvalue weighted by molar-refractivity contribution is -0.127. The molecule has 6 rings (SSSR count). The summed E-state index contributed by atoms with van der Waals surface area (Å²) < 4.78 is 5.30. The second-order valence-electron chi connectivity index (χ2n) is 11.1. The Balaban J connectivity index is 1.28. The highest BCUT2D eigenvalue weighted by atomic mass is 16.5. The Hall–Kier alpha value is -3.41. The first-order valence-corrected chi connectivity index (χ1v) is 14.4. The van der Waals surface area contributed by atoms with Crippen LogP contribution in [0.15, 0.2) is 96.2 Å². The zero-order valence-corrected chi connectivity index (χ0v) is 22.9. The van der Waals surface area contributed by atoms with Gasteiger partial charge in [-0.25, -0.2) is 0 Å². The number of amides is 1. The molecule has 0 radical (unpaired) electrons. The van der Waals surface area contributed by atoms with Crippen LogP contribution in [0.5, 0.6) is 0 Å². The molecule has 5 heteroatoms. The van der Waals surface area contributed by atoms with Gasteiger partial charge in [-0.15, -0.1) is 0 Å². The summed E-state index contributed by atoms with van der Waals surface area (Å²) in [7, 11) is 1.76. The third kappa shape index (κ3) is 5.66. The number of rotatable bonds is 10. The van der Waals surface area contributed by atoms with Gasteiger partial charge in [0.15, 0.2) is 0 Å². The minimum absolute atomic E-state index is 0.204. The molecule has 2 unspecified atom stereocenters. The van der Waals surface area contributed by atoms with E-state index in [1.807, 2.05) is 6.07 Å². The van der Waals surface area contributed by atoms with Crippen LogP contribution in [0.1, 0.15) is 31.2 Å². The summed E-state index contributed by atoms with van der Waals surface area (Å²) in [5, 5.41) is 3.49. The maximum atomic E-state index is 14.3. The summed E-state index contributed by atoms with van der Waals surface area (Å²) in [6.07, 6.45) is 15.3. The Morgan fingerprint density at radius 3 is 2.64 bits per heavy atom. The standard InChI is InChI=1S/C34H39N3O2/c1-39-20-8-19-36-23-28(31-13-5-6-14-33(31)36)24-37(29-15-16-29)34(38)32-22-35-18-17-30(32)27-12-7-11-26(21-27)25-9-3-2-4-10-25/h2-7,9-14,21,23,29,31,33,35H,8,15-20,22,24H2,1H3. The Morgan fingerprint density at radius 2 is 1.82 bits per heavy atom. The van der Waals surface area contributed by atoms with Crippen LogP contribution in [-0.4, -0.2) is 67.7 Å². The Kier molecular flexibility index (Phi) is 7.80. The molecular weight excluding hydrogens is 482 g/mol. The molecule has 0 aromatic heterocycles. The van der Waals surface area contributed by atoms with Gasteiger partial charge in [0.25, 0.3) is 5.91 Å². The molecule has 2 aromatic rings. The van der Waals surface area contributed by atoms with Crippen molar-refractivity contribution in [2.45, 2.75) is 37.8 Å². The van der Waals surface area contributed by atoms with E-state index >= 15 is 0 Å². The molecule has 202 valence electrons. The van der Waals surface area contributed by atoms with Crippen LogP contribution in [0.25, 0.3) is 16.7 Å². The van der Waals surface area contributed by atoms with Crippen molar-refractivity contribution in [3.63, 3.8) is 0 Å². The Bertz CT molecular complexity index is 1300. The highest BCUT2D eigenvalue weighted by Crippen LogP contribution is 2.38. The van der Waals surface area contributed by atoms with Gasteiger partial charge in [-0.05, 0) is 66.1 Å². The van der Waals surface area contributed by atoms with Crippen LogP contribution in [0.4, 0.5) is 0 Å². The molecule has 39 heavy (non-hydrogen) atoms. The molecule has 2 aliphatic heterocycles. The van der Waals surface area contributed by atoms with E-state index in [4.69, 9.17) is 4.74 Å². The molecule has 2 aliphatic carbocycles. The predicted octanol–water partition coefficient (Wildman–Crippen LogP) is 5.44. The molecule has 5 nitrogen and oxygen atoms in total. The minimum Gasteiger partial charge on any atom is -0.385 e. The first-order chi connectivity index (χ1) is 19.2. The van der Waals surface area contributed by atoms with Gasteiger partial charge < -0.3 is 19.9 Å². The normalized spacial score (nSPS) is 22.2. The average molecular weight is 522 g/mol. The van der Waals surface area contributed by atoms with Gasteiger partial charge in [-0.2, -0.15) is 0 Å². The summed E-state index contributed by atoms with van der Waals surface area (Å²) in [6.45, 7) is 3.95. The highest BCUT2D eigenvalue weighted by Gasteiger charge is 2.39. The maximum Gasteiger partial charge on any atom is 0.251 e. The summed E-state index contributed by atoms with van der Waals surface area (Å²) in [5.74, 6) is 0.530. The van der Waals surface area contributed by atoms with E-state index < -0.39 is 0 Å². The fourth-order valence-corrected chi connectivity index (χ4v) is 6.24. The van der Waals surface area contributed by atoms with E-state index in [1.165, 1.54) is 27.8 Å². The monoisotopic (exact) mass is 521 g/mol. The number of benzene rings is 2. The van der Waals surface area contributed by atoms with Crippen LogP contribution in [0.2, 0.25) is 0 Å². The van der Waals surface area contributed by atoms with Crippen molar-refractivity contribution in [1.29, 1.82) is 0 Å². The minimum atomic E-state index is 0.204. The summed E-state index contributed by atoms with van der Waals surface area (Å²) in [5.41, 5.74) is 7.04. The number of carbonyl (C=O) groups is 1. The molecule has 1 amide bonds. The fourth-order valence-electron chi connectivity index (χ4n) is 6.24. The molecule has 1 fully saturated rings. The van der Waals surface area contributed by atoms with Crippen LogP contribution in [0.3, 0.4) is 0 Å². The summed E-state index contributed by atoms with van der Waals surface area (Å²) in [6, 6.07) is 19.9. The molecular formula is C34H39N3O2. The fraction of sp³-hybridized carbons (Fsp3) is 0.382. The number of nitrogens with zero attached hydrogens (tertiary/aromatic N) is 2. The maximum absolute atomic E-state index is 14.3. The molecule has 0 spiro atoms. The lowest BCUT2D eigenvalue weighted by Crippen LogP contribution is -2.41. The number of hydrogen-bond donors (Lipinski definition) is 1. The van der Waals surface area contributed by atoms with Gasteiger partial charge in [0, 0.05) is 57.1 Å². The van der Waals surface area contributed by atoms with E-state index in [0.717, 1.165) is 51.0 Å². The van der Waals surface area contributed by atoms with Crippen LogP contribution in [0, 0.1) is 5.92 Å². The van der Waals surface area contributed by atoms with Gasteiger partial charge in [0.05, 0.1) is 6.04 Å². The summed E-state index contributed by atoms with van der Waals surface area (Å²) in [4.78, 5) is 18.9. The van der Waals surface area contributed by atoms with Crippen molar-refractivity contribution in [3.8, 4) is 11.1 Å². The van der Waals surface area contributed by atoms with Gasteiger partial charge in [-0.1, -0.05) is 72.8 Å². The predicted molar refractivity (Wildman–Crippen MR) is 158 cm³/mol. The molecule has 4 aliphatic rings. The largest absolute Gasteiger partial charge is 0.385 e. The number of allylic oxidation sites excluding steroid dienone is 2. The Morgan fingerprint density at radius 1 is 1.03 bits per heavy atom. The molecule has 2 heterocycles. The van der Waals surface area contributed by atoms with Gasteiger partial charge in [0.1, 0.15) is 0 Å². The van der Waals surface area contributed by atoms with Gasteiger partial charge in [0.2, 0.25) is 0 Å². The van der Waals surface area contributed by atoms with Crippen molar-refractivity contribution in [2.24, 2.45) is 5.92 Å². The Labute approximate surface area is 232 Å². The van der Waals surface area contributed by atoms with E-state index in [9.17, 15) is 4.79 Å². The van der Waals surface area contributed by atoms with Crippen molar-refractivity contribution < 1.29 is 9.53 Å². The number of hydrogen-bond acceptors (Lipinski definition) is 4. The first-order valence-electron chi connectivity index (χ1n) is 14.4. The highest BCUT2D eigenvalue weighted by molar-refractivity contribution is 6.02. The molecule has 1 saturated carbocycles. The number of nitrogens with one attached hydrogen (secondary N) is 1. The quantitative estimate of drug-likeness (QED) is 0.423. The van der Waals surface area contributed by atoms with E-state index in [-0.39, 0.29) is 5.91 Å². The number of ether oxygens (including phenoxy) is 1. The third-order valence-electron chi connectivity index (χ3n) is 8.41. The van der Waals surface area contributed by atoms with Gasteiger partial charge >= 0.3 is 0 Å². The zero-order valence-electron chi connectivity index (χ0n) is 22.9. The smallest absolute Gasteiger partial charge is 0.251 e. The second kappa shape index (κ2) is 11.8. The van der Waals surface area contributed by atoms with Crippen molar-refractivity contribution in [2.75, 3.05) is 39.9 Å². The molecule has 2 aromatic carbocycles. The number of fused-ring (bicyclic) bond motifs is 1. The molecule has 2 atom stereocenters. The van der Waals surface area contributed by atoms with E-state index in [2.05, 4.69) is 94.2 Å². The second-order valence-corrected chi connectivity index (χ2v) is 11.1. The number of carbonyl (C=O) groups excluding carboxylic acids is 1. The topological polar surface area (TPSA) is 44.8 Å². The lowest BCUT2D eigenvalue weighted by atomic mass is 9.89. The van der Waals surface area contributed by atoms with Crippen LogP contribution < -0.4 is 5.32 Å². The van der Waals surface area contributed by atoms with Gasteiger partial charge in [-0.3, -0.25) is 4.79 Å². The molecule has 1 N–H and O–H groups in total. The van der Waals surface area contributed by atoms with Crippen molar-refractivity contribution in [3.05, 3.63) is 102 Å². The van der Waals surface area contributed by atoms with E-state index in [0.29, 0.717) is 31.1 Å². The van der Waals surface area contributed by atoms with Crippen molar-refractivity contribution in [1.82, 2.24) is 15.1 Å².